The van der Waals surface area contributed by atoms with Crippen molar-refractivity contribution in [2.24, 2.45) is 0 Å². The maximum absolute atomic E-state index is 11.6. The molecule has 0 bridgehead atoms. The molecule has 0 aliphatic carbocycles. The Hall–Kier alpha value is -0.570. The molecule has 0 aromatic rings. The van der Waals surface area contributed by atoms with Gasteiger partial charge in [-0.3, -0.25) is 4.79 Å². The van der Waals surface area contributed by atoms with Crippen molar-refractivity contribution in [1.82, 2.24) is 4.90 Å². The van der Waals surface area contributed by atoms with Crippen LogP contribution < -0.4 is 0 Å². The van der Waals surface area contributed by atoms with Gasteiger partial charge in [0, 0.05) is 13.0 Å². The van der Waals surface area contributed by atoms with Crippen LogP contribution in [0.2, 0.25) is 0 Å². The number of hydrogen-bond acceptors (Lipinski definition) is 3. The normalized spacial score (nSPS) is 12.7. The third-order valence-electron chi connectivity index (χ3n) is 3.19. The van der Waals surface area contributed by atoms with Gasteiger partial charge in [0.15, 0.2) is 0 Å². The summed E-state index contributed by atoms with van der Waals surface area (Å²) in [6.45, 7) is 4.98. The van der Waals surface area contributed by atoms with Crippen LogP contribution in [-0.2, 0) is 9.53 Å². The Morgan fingerprint density at radius 2 is 1.53 bits per heavy atom. The lowest BCUT2D eigenvalue weighted by Gasteiger charge is -2.17. The molecule has 114 valence electrons. The maximum atomic E-state index is 11.6. The molecular weight excluding hydrogens is 238 g/mol. The van der Waals surface area contributed by atoms with E-state index in [1.165, 1.54) is 38.5 Å². The quantitative estimate of drug-likeness (QED) is 0.397. The monoisotopic (exact) mass is 271 g/mol. The van der Waals surface area contributed by atoms with E-state index < -0.39 is 0 Å². The predicted octanol–water partition coefficient (Wildman–Crippen LogP) is 4.01. The van der Waals surface area contributed by atoms with E-state index in [4.69, 9.17) is 4.74 Å². The molecule has 0 saturated heterocycles. The summed E-state index contributed by atoms with van der Waals surface area (Å²) in [5.74, 6) is -0.0414. The molecule has 0 N–H and O–H groups in total. The first kappa shape index (κ1) is 18.4. The van der Waals surface area contributed by atoms with Crippen LogP contribution in [-0.4, -0.2) is 37.6 Å². The zero-order chi connectivity index (χ0) is 14.5. The van der Waals surface area contributed by atoms with Crippen molar-refractivity contribution in [3.8, 4) is 0 Å². The van der Waals surface area contributed by atoms with E-state index in [1.54, 1.807) is 0 Å². The highest BCUT2D eigenvalue weighted by atomic mass is 16.5. The molecule has 19 heavy (non-hydrogen) atoms. The summed E-state index contributed by atoms with van der Waals surface area (Å²) in [5.41, 5.74) is 0. The molecule has 1 unspecified atom stereocenters. The average molecular weight is 271 g/mol. The van der Waals surface area contributed by atoms with Crippen molar-refractivity contribution in [3.05, 3.63) is 0 Å². The second-order valence-electron chi connectivity index (χ2n) is 5.79. The van der Waals surface area contributed by atoms with E-state index in [0.29, 0.717) is 6.42 Å². The lowest BCUT2D eigenvalue weighted by Crippen LogP contribution is -2.27. The molecule has 0 radical (unpaired) electrons. The lowest BCUT2D eigenvalue weighted by atomic mass is 10.1. The summed E-state index contributed by atoms with van der Waals surface area (Å²) in [7, 11) is 3.98. The van der Waals surface area contributed by atoms with Crippen LogP contribution in [0.25, 0.3) is 0 Å². The first-order chi connectivity index (χ1) is 9.06. The molecule has 0 spiro atoms. The zero-order valence-corrected chi connectivity index (χ0v) is 13.4. The number of hydrogen-bond donors (Lipinski definition) is 0. The van der Waals surface area contributed by atoms with Gasteiger partial charge in [0.2, 0.25) is 0 Å². The first-order valence-electron chi connectivity index (χ1n) is 7.90. The van der Waals surface area contributed by atoms with Crippen LogP contribution in [0.15, 0.2) is 0 Å². The Bertz CT molecular complexity index is 217. The largest absolute Gasteiger partial charge is 0.461 e. The summed E-state index contributed by atoms with van der Waals surface area (Å²) < 4.78 is 5.34. The zero-order valence-electron chi connectivity index (χ0n) is 13.4. The van der Waals surface area contributed by atoms with Crippen molar-refractivity contribution in [2.75, 3.05) is 20.6 Å². The third kappa shape index (κ3) is 13.7. The van der Waals surface area contributed by atoms with Crippen molar-refractivity contribution < 1.29 is 9.53 Å². The Balaban J connectivity index is 3.33. The van der Waals surface area contributed by atoms with E-state index >= 15 is 0 Å². The van der Waals surface area contributed by atoms with Gasteiger partial charge in [0.05, 0.1) is 0 Å². The fraction of sp³-hybridized carbons (Fsp3) is 0.938. The number of unbranched alkanes of at least 4 members (excludes halogenated alkanes) is 7. The topological polar surface area (TPSA) is 29.5 Å². The fourth-order valence-corrected chi connectivity index (χ4v) is 2.24. The van der Waals surface area contributed by atoms with Crippen LogP contribution >= 0.6 is 0 Å². The minimum atomic E-state index is -0.0414. The molecule has 0 fully saturated rings. The van der Waals surface area contributed by atoms with E-state index in [0.717, 1.165) is 19.4 Å². The van der Waals surface area contributed by atoms with Crippen LogP contribution in [0.4, 0.5) is 0 Å². The molecule has 0 aliphatic heterocycles. The number of likely N-dealkylation sites (N-methyl/N-ethyl adjacent to an activating group) is 1. The van der Waals surface area contributed by atoms with Crippen LogP contribution in [0.3, 0.4) is 0 Å². The highest BCUT2D eigenvalue weighted by molar-refractivity contribution is 5.69. The Morgan fingerprint density at radius 3 is 2.05 bits per heavy atom. The minimum Gasteiger partial charge on any atom is -0.461 e. The summed E-state index contributed by atoms with van der Waals surface area (Å²) in [6.07, 6.45) is 10.6. The molecule has 0 heterocycles. The standard InChI is InChI=1S/C16H33NO2/c1-5-6-7-8-9-10-11-12-13-16(18)19-15(2)14-17(3)4/h15H,5-14H2,1-4H3. The minimum absolute atomic E-state index is 0.00320. The predicted molar refractivity (Wildman–Crippen MR) is 81.3 cm³/mol. The van der Waals surface area contributed by atoms with E-state index in [2.05, 4.69) is 6.92 Å². The van der Waals surface area contributed by atoms with E-state index in [1.807, 2.05) is 25.9 Å². The number of ether oxygens (including phenoxy) is 1. The SMILES string of the molecule is CCCCCCCCCCC(=O)OC(C)CN(C)C. The van der Waals surface area contributed by atoms with Gasteiger partial charge in [-0.05, 0) is 27.4 Å². The van der Waals surface area contributed by atoms with Crippen molar-refractivity contribution >= 4 is 5.97 Å². The molecule has 1 atom stereocenters. The lowest BCUT2D eigenvalue weighted by molar-refractivity contribution is -0.148. The smallest absolute Gasteiger partial charge is 0.306 e. The van der Waals surface area contributed by atoms with E-state index in [9.17, 15) is 4.79 Å². The second kappa shape index (κ2) is 12.5. The van der Waals surface area contributed by atoms with Gasteiger partial charge >= 0.3 is 5.97 Å². The molecule has 0 aromatic heterocycles. The van der Waals surface area contributed by atoms with Crippen LogP contribution in [0, 0.1) is 0 Å². The summed E-state index contributed by atoms with van der Waals surface area (Å²) >= 11 is 0. The summed E-state index contributed by atoms with van der Waals surface area (Å²) in [6, 6.07) is 0. The second-order valence-corrected chi connectivity index (χ2v) is 5.79. The van der Waals surface area contributed by atoms with Crippen LogP contribution in [0.5, 0.6) is 0 Å². The summed E-state index contributed by atoms with van der Waals surface area (Å²) in [4.78, 5) is 13.6. The van der Waals surface area contributed by atoms with Gasteiger partial charge in [-0.1, -0.05) is 51.9 Å². The highest BCUT2D eigenvalue weighted by Crippen LogP contribution is 2.10. The molecule has 0 rings (SSSR count). The Morgan fingerprint density at radius 1 is 1.00 bits per heavy atom. The number of rotatable bonds is 12. The molecule has 0 aliphatic rings. The molecule has 0 amide bonds. The highest BCUT2D eigenvalue weighted by Gasteiger charge is 2.09. The Kier molecular flexibility index (Phi) is 12.1. The number of nitrogens with zero attached hydrogens (tertiary/aromatic N) is 1. The van der Waals surface area contributed by atoms with Gasteiger partial charge in [0.25, 0.3) is 0 Å². The van der Waals surface area contributed by atoms with Crippen molar-refractivity contribution in [2.45, 2.75) is 77.7 Å². The number of carbonyl (C=O) groups excluding carboxylic acids is 1. The van der Waals surface area contributed by atoms with Gasteiger partial charge in [-0.25, -0.2) is 0 Å². The first-order valence-corrected chi connectivity index (χ1v) is 7.90. The van der Waals surface area contributed by atoms with E-state index in [-0.39, 0.29) is 12.1 Å². The van der Waals surface area contributed by atoms with Crippen molar-refractivity contribution in [1.29, 1.82) is 0 Å². The van der Waals surface area contributed by atoms with Crippen molar-refractivity contribution in [3.63, 3.8) is 0 Å². The number of esters is 1. The maximum Gasteiger partial charge on any atom is 0.306 e. The van der Waals surface area contributed by atoms with Gasteiger partial charge in [-0.15, -0.1) is 0 Å². The molecule has 3 heteroatoms. The number of carbonyl (C=O) groups is 1. The molecule has 3 nitrogen and oxygen atoms in total. The average Bonchev–Trinajstić information content (AvgIpc) is 2.31. The fourth-order valence-electron chi connectivity index (χ4n) is 2.24. The third-order valence-corrected chi connectivity index (χ3v) is 3.19. The molecule has 0 saturated carbocycles. The Labute approximate surface area is 119 Å². The molecular formula is C16H33NO2. The van der Waals surface area contributed by atoms with Gasteiger partial charge < -0.3 is 9.64 Å². The van der Waals surface area contributed by atoms with Crippen LogP contribution in [0.1, 0.15) is 71.6 Å². The van der Waals surface area contributed by atoms with Gasteiger partial charge in [0.1, 0.15) is 6.10 Å². The molecule has 0 aromatic carbocycles. The summed E-state index contributed by atoms with van der Waals surface area (Å²) in [5, 5.41) is 0. The van der Waals surface area contributed by atoms with Gasteiger partial charge in [-0.2, -0.15) is 0 Å².